The van der Waals surface area contributed by atoms with Crippen LogP contribution in [-0.4, -0.2) is 30.0 Å². The monoisotopic (exact) mass is 153 g/mol. The molecule has 0 unspecified atom stereocenters. The number of nitrogens with zero attached hydrogens (tertiary/aromatic N) is 1. The molecule has 0 bridgehead atoms. The molecule has 60 valence electrons. The molecule has 0 aromatic carbocycles. The van der Waals surface area contributed by atoms with Crippen LogP contribution in [0.15, 0.2) is 18.5 Å². The van der Waals surface area contributed by atoms with Crippen LogP contribution in [0.4, 0.5) is 0 Å². The van der Waals surface area contributed by atoms with Crippen LogP contribution in [0.3, 0.4) is 0 Å². The van der Waals surface area contributed by atoms with Gasteiger partial charge in [-0.05, 0) is 6.07 Å². The van der Waals surface area contributed by atoms with E-state index in [9.17, 15) is 4.79 Å². The molecule has 1 aromatic rings. The molecule has 0 fully saturated rings. The van der Waals surface area contributed by atoms with Crippen molar-refractivity contribution in [1.82, 2.24) is 15.4 Å². The number of hydrogen-bond donors (Lipinski definition) is 2. The second-order valence-electron chi connectivity index (χ2n) is 2.44. The number of hydrazine groups is 1. The van der Waals surface area contributed by atoms with Gasteiger partial charge in [0, 0.05) is 26.5 Å². The number of carbonyl (C=O) groups is 1. The zero-order valence-electron chi connectivity index (χ0n) is 6.59. The van der Waals surface area contributed by atoms with Crippen LogP contribution in [0.1, 0.15) is 10.4 Å². The SMILES string of the molecule is CN(C)NC(=O)c1cc[nH]c1. The van der Waals surface area contributed by atoms with Crippen molar-refractivity contribution in [1.29, 1.82) is 0 Å². The van der Waals surface area contributed by atoms with Crippen LogP contribution in [0, 0.1) is 0 Å². The van der Waals surface area contributed by atoms with Gasteiger partial charge in [-0.15, -0.1) is 0 Å². The van der Waals surface area contributed by atoms with Gasteiger partial charge in [-0.2, -0.15) is 0 Å². The van der Waals surface area contributed by atoms with Gasteiger partial charge in [-0.3, -0.25) is 10.2 Å². The van der Waals surface area contributed by atoms with Crippen LogP contribution >= 0.6 is 0 Å². The van der Waals surface area contributed by atoms with Crippen molar-refractivity contribution in [2.45, 2.75) is 0 Å². The van der Waals surface area contributed by atoms with E-state index >= 15 is 0 Å². The molecule has 0 saturated heterocycles. The number of rotatable bonds is 2. The molecule has 4 nitrogen and oxygen atoms in total. The molecule has 0 aliphatic heterocycles. The molecule has 0 spiro atoms. The fourth-order valence-electron chi connectivity index (χ4n) is 0.733. The zero-order valence-corrected chi connectivity index (χ0v) is 6.59. The lowest BCUT2D eigenvalue weighted by atomic mass is 10.3. The van der Waals surface area contributed by atoms with E-state index < -0.39 is 0 Å². The van der Waals surface area contributed by atoms with Crippen LogP contribution in [-0.2, 0) is 0 Å². The van der Waals surface area contributed by atoms with Gasteiger partial charge in [0.2, 0.25) is 0 Å². The van der Waals surface area contributed by atoms with E-state index in [-0.39, 0.29) is 5.91 Å². The van der Waals surface area contributed by atoms with Crippen LogP contribution in [0.25, 0.3) is 0 Å². The van der Waals surface area contributed by atoms with Gasteiger partial charge in [0.05, 0.1) is 5.56 Å². The van der Waals surface area contributed by atoms with E-state index in [1.54, 1.807) is 37.6 Å². The first-order valence-corrected chi connectivity index (χ1v) is 3.31. The summed E-state index contributed by atoms with van der Waals surface area (Å²) in [6, 6.07) is 1.72. The van der Waals surface area contributed by atoms with Crippen molar-refractivity contribution < 1.29 is 4.79 Å². The first-order chi connectivity index (χ1) is 5.20. The summed E-state index contributed by atoms with van der Waals surface area (Å²) in [5.74, 6) is -0.101. The maximum absolute atomic E-state index is 11.1. The summed E-state index contributed by atoms with van der Waals surface area (Å²) >= 11 is 0. The van der Waals surface area contributed by atoms with Crippen molar-refractivity contribution in [3.63, 3.8) is 0 Å². The third-order valence-corrected chi connectivity index (χ3v) is 1.19. The third kappa shape index (κ3) is 2.09. The minimum atomic E-state index is -0.101. The highest BCUT2D eigenvalue weighted by molar-refractivity contribution is 5.93. The lowest BCUT2D eigenvalue weighted by Gasteiger charge is -2.09. The summed E-state index contributed by atoms with van der Waals surface area (Å²) in [4.78, 5) is 13.9. The summed E-state index contributed by atoms with van der Waals surface area (Å²) in [5.41, 5.74) is 3.26. The molecule has 1 amide bonds. The number of aromatic nitrogens is 1. The highest BCUT2D eigenvalue weighted by Crippen LogP contribution is 1.94. The standard InChI is InChI=1S/C7H11N3O/c1-10(2)9-7(11)6-3-4-8-5-6/h3-5,8H,1-2H3,(H,9,11). The minimum absolute atomic E-state index is 0.101. The molecule has 1 heterocycles. The van der Waals surface area contributed by atoms with Gasteiger partial charge in [0.25, 0.3) is 5.91 Å². The first kappa shape index (κ1) is 7.81. The fourth-order valence-corrected chi connectivity index (χ4v) is 0.733. The second-order valence-corrected chi connectivity index (χ2v) is 2.44. The first-order valence-electron chi connectivity index (χ1n) is 3.31. The van der Waals surface area contributed by atoms with Crippen molar-refractivity contribution in [3.8, 4) is 0 Å². The van der Waals surface area contributed by atoms with E-state index in [4.69, 9.17) is 0 Å². The molecule has 0 aliphatic rings. The summed E-state index contributed by atoms with van der Waals surface area (Å²) in [7, 11) is 3.54. The smallest absolute Gasteiger partial charge is 0.267 e. The maximum atomic E-state index is 11.1. The predicted molar refractivity (Wildman–Crippen MR) is 41.9 cm³/mol. The highest BCUT2D eigenvalue weighted by Gasteiger charge is 2.04. The second kappa shape index (κ2) is 3.21. The molecule has 0 saturated carbocycles. The summed E-state index contributed by atoms with van der Waals surface area (Å²) in [5, 5.41) is 1.61. The van der Waals surface area contributed by atoms with Gasteiger partial charge >= 0.3 is 0 Å². The van der Waals surface area contributed by atoms with Crippen LogP contribution < -0.4 is 5.43 Å². The Kier molecular flexibility index (Phi) is 2.28. The lowest BCUT2D eigenvalue weighted by molar-refractivity contribution is 0.0857. The molecular formula is C7H11N3O. The normalized spacial score (nSPS) is 10.1. The van der Waals surface area contributed by atoms with E-state index in [2.05, 4.69) is 10.4 Å². The van der Waals surface area contributed by atoms with Gasteiger partial charge in [-0.1, -0.05) is 0 Å². The molecule has 0 aliphatic carbocycles. The summed E-state index contributed by atoms with van der Waals surface area (Å²) < 4.78 is 0. The largest absolute Gasteiger partial charge is 0.367 e. The number of aromatic amines is 1. The molecule has 0 atom stereocenters. The molecule has 1 aromatic heterocycles. The molecular weight excluding hydrogens is 142 g/mol. The topological polar surface area (TPSA) is 48.1 Å². The van der Waals surface area contributed by atoms with Gasteiger partial charge in [0.1, 0.15) is 0 Å². The number of H-pyrrole nitrogens is 1. The Morgan fingerprint density at radius 2 is 2.36 bits per heavy atom. The Balaban J connectivity index is 2.57. The molecule has 11 heavy (non-hydrogen) atoms. The Labute approximate surface area is 65.2 Å². The Morgan fingerprint density at radius 3 is 2.82 bits per heavy atom. The average molecular weight is 153 g/mol. The van der Waals surface area contributed by atoms with E-state index in [0.29, 0.717) is 5.56 Å². The quantitative estimate of drug-likeness (QED) is 0.597. The number of amides is 1. The number of hydrogen-bond acceptors (Lipinski definition) is 2. The molecule has 2 N–H and O–H groups in total. The van der Waals surface area contributed by atoms with Gasteiger partial charge in [0.15, 0.2) is 0 Å². The lowest BCUT2D eigenvalue weighted by Crippen LogP contribution is -2.35. The highest BCUT2D eigenvalue weighted by atomic mass is 16.2. The summed E-state index contributed by atoms with van der Waals surface area (Å²) in [6.45, 7) is 0. The average Bonchev–Trinajstić information content (AvgIpc) is 2.35. The Morgan fingerprint density at radius 1 is 1.64 bits per heavy atom. The van der Waals surface area contributed by atoms with Crippen molar-refractivity contribution >= 4 is 5.91 Å². The molecule has 0 radical (unpaired) electrons. The third-order valence-electron chi connectivity index (χ3n) is 1.19. The van der Waals surface area contributed by atoms with E-state index in [1.165, 1.54) is 0 Å². The molecule has 1 rings (SSSR count). The number of carbonyl (C=O) groups excluding carboxylic acids is 1. The zero-order chi connectivity index (χ0) is 8.27. The minimum Gasteiger partial charge on any atom is -0.367 e. The van der Waals surface area contributed by atoms with E-state index in [0.717, 1.165) is 0 Å². The van der Waals surface area contributed by atoms with Crippen molar-refractivity contribution in [2.75, 3.05) is 14.1 Å². The summed E-state index contributed by atoms with van der Waals surface area (Å²) in [6.07, 6.45) is 3.36. The van der Waals surface area contributed by atoms with Gasteiger partial charge < -0.3 is 4.98 Å². The Hall–Kier alpha value is -1.29. The number of nitrogens with one attached hydrogen (secondary N) is 2. The Bertz CT molecular complexity index is 228. The predicted octanol–water partition coefficient (Wildman–Crippen LogP) is 0.221. The van der Waals surface area contributed by atoms with Gasteiger partial charge in [-0.25, -0.2) is 5.01 Å². The van der Waals surface area contributed by atoms with E-state index in [1.807, 2.05) is 0 Å². The van der Waals surface area contributed by atoms with Crippen molar-refractivity contribution in [2.24, 2.45) is 0 Å². The van der Waals surface area contributed by atoms with Crippen molar-refractivity contribution in [3.05, 3.63) is 24.0 Å². The maximum Gasteiger partial charge on any atom is 0.267 e. The molecule has 4 heteroatoms. The fraction of sp³-hybridized carbons (Fsp3) is 0.286. The van der Waals surface area contributed by atoms with Crippen LogP contribution in [0.5, 0.6) is 0 Å². The van der Waals surface area contributed by atoms with Crippen LogP contribution in [0.2, 0.25) is 0 Å².